The molecular weight excluding hydrogens is 421 g/mol. The Morgan fingerprint density at radius 1 is 1.03 bits per heavy atom. The summed E-state index contributed by atoms with van der Waals surface area (Å²) in [6.45, 7) is 3.34. The minimum Gasteiger partial charge on any atom is -0.337 e. The lowest BCUT2D eigenvalue weighted by Gasteiger charge is -2.41. The Hall–Kier alpha value is -3.33. The highest BCUT2D eigenvalue weighted by Crippen LogP contribution is 2.33. The van der Waals surface area contributed by atoms with Crippen LogP contribution in [0.5, 0.6) is 0 Å². The van der Waals surface area contributed by atoms with E-state index in [1.165, 1.54) is 18.1 Å². The van der Waals surface area contributed by atoms with Gasteiger partial charge >= 0.3 is 0 Å². The first kappa shape index (κ1) is 20.3. The second-order valence-electron chi connectivity index (χ2n) is 9.12. The first-order valence-electron chi connectivity index (χ1n) is 11.5. The number of anilines is 1. The van der Waals surface area contributed by atoms with E-state index in [2.05, 4.69) is 37.0 Å². The standard InChI is InChI=1S/C24H26FN7O/c25-18-11-26-24(27-12-18)31-20-6-7-21(31)15-29(14-20)16-23(33)30-9-8-22-17(13-30)10-28-32(22)19-4-2-1-3-5-19/h1-5,10-12,20-21H,6-9,13-16H2. The second-order valence-corrected chi connectivity index (χ2v) is 9.12. The Kier molecular flexibility index (Phi) is 5.05. The molecule has 2 bridgehead atoms. The van der Waals surface area contributed by atoms with Crippen molar-refractivity contribution in [1.82, 2.24) is 29.5 Å². The molecule has 1 aromatic carbocycles. The molecule has 2 unspecified atom stereocenters. The summed E-state index contributed by atoms with van der Waals surface area (Å²) in [5, 5.41) is 4.58. The van der Waals surface area contributed by atoms with Crippen LogP contribution >= 0.6 is 0 Å². The van der Waals surface area contributed by atoms with Gasteiger partial charge in [-0.2, -0.15) is 5.10 Å². The fourth-order valence-electron chi connectivity index (χ4n) is 5.51. The predicted octanol–water partition coefficient (Wildman–Crippen LogP) is 2.04. The van der Waals surface area contributed by atoms with Crippen LogP contribution in [-0.2, 0) is 17.8 Å². The number of benzene rings is 1. The molecule has 5 heterocycles. The summed E-state index contributed by atoms with van der Waals surface area (Å²) < 4.78 is 15.2. The van der Waals surface area contributed by atoms with Gasteiger partial charge in [0.25, 0.3) is 0 Å². The molecule has 170 valence electrons. The number of halogens is 1. The number of carbonyl (C=O) groups is 1. The van der Waals surface area contributed by atoms with Crippen LogP contribution in [0.2, 0.25) is 0 Å². The number of carbonyl (C=O) groups excluding carboxylic acids is 1. The molecule has 8 nitrogen and oxygen atoms in total. The molecule has 2 atom stereocenters. The Balaban J connectivity index is 1.10. The third-order valence-corrected chi connectivity index (χ3v) is 7.04. The van der Waals surface area contributed by atoms with E-state index in [9.17, 15) is 9.18 Å². The van der Waals surface area contributed by atoms with Crippen molar-refractivity contribution in [2.75, 3.05) is 31.1 Å². The van der Waals surface area contributed by atoms with Crippen LogP contribution in [0, 0.1) is 5.82 Å². The maximum absolute atomic E-state index is 13.2. The number of hydrogen-bond acceptors (Lipinski definition) is 6. The number of amides is 1. The van der Waals surface area contributed by atoms with Crippen molar-refractivity contribution in [2.24, 2.45) is 0 Å². The van der Waals surface area contributed by atoms with E-state index in [4.69, 9.17) is 0 Å². The van der Waals surface area contributed by atoms with Crippen molar-refractivity contribution in [3.05, 3.63) is 66.0 Å². The molecule has 3 aromatic rings. The number of hydrogen-bond donors (Lipinski definition) is 0. The van der Waals surface area contributed by atoms with Crippen molar-refractivity contribution in [3.63, 3.8) is 0 Å². The molecule has 0 radical (unpaired) electrons. The Morgan fingerprint density at radius 2 is 1.76 bits per heavy atom. The van der Waals surface area contributed by atoms with Crippen LogP contribution < -0.4 is 4.90 Å². The number of aromatic nitrogens is 4. The minimum atomic E-state index is -0.422. The van der Waals surface area contributed by atoms with E-state index in [1.54, 1.807) is 0 Å². The Bertz CT molecular complexity index is 1140. The zero-order valence-corrected chi connectivity index (χ0v) is 18.3. The van der Waals surface area contributed by atoms with E-state index < -0.39 is 5.82 Å². The SMILES string of the molecule is O=C(CN1CC2CCC(C1)N2c1ncc(F)cn1)N1CCc2c(cnn2-c2ccccc2)C1. The first-order chi connectivity index (χ1) is 16.2. The molecule has 2 fully saturated rings. The van der Waals surface area contributed by atoms with Gasteiger partial charge in [0, 0.05) is 50.2 Å². The molecule has 0 saturated carbocycles. The average molecular weight is 448 g/mol. The van der Waals surface area contributed by atoms with E-state index in [-0.39, 0.29) is 18.0 Å². The fourth-order valence-corrected chi connectivity index (χ4v) is 5.51. The topological polar surface area (TPSA) is 70.4 Å². The van der Waals surface area contributed by atoms with Crippen molar-refractivity contribution >= 4 is 11.9 Å². The lowest BCUT2D eigenvalue weighted by atomic mass is 10.1. The number of likely N-dealkylation sites (tertiary alicyclic amines) is 1. The average Bonchev–Trinajstić information content (AvgIpc) is 3.38. The molecule has 2 aromatic heterocycles. The summed E-state index contributed by atoms with van der Waals surface area (Å²) in [7, 11) is 0. The number of nitrogens with zero attached hydrogens (tertiary/aromatic N) is 7. The van der Waals surface area contributed by atoms with Gasteiger partial charge in [0.1, 0.15) is 0 Å². The molecule has 0 aliphatic carbocycles. The normalized spacial score (nSPS) is 22.5. The molecule has 2 saturated heterocycles. The quantitative estimate of drug-likeness (QED) is 0.610. The summed E-state index contributed by atoms with van der Waals surface area (Å²) in [5.41, 5.74) is 3.37. The van der Waals surface area contributed by atoms with Gasteiger partial charge in [-0.15, -0.1) is 0 Å². The third kappa shape index (κ3) is 3.76. The Labute approximate surface area is 191 Å². The number of piperazine rings is 1. The first-order valence-corrected chi connectivity index (χ1v) is 11.5. The maximum Gasteiger partial charge on any atom is 0.237 e. The molecule has 33 heavy (non-hydrogen) atoms. The lowest BCUT2D eigenvalue weighted by molar-refractivity contribution is -0.133. The third-order valence-electron chi connectivity index (χ3n) is 7.04. The molecular formula is C24H26FN7O. The van der Waals surface area contributed by atoms with Gasteiger partial charge in [-0.3, -0.25) is 9.69 Å². The van der Waals surface area contributed by atoms with Gasteiger partial charge in [0.15, 0.2) is 5.82 Å². The van der Waals surface area contributed by atoms with Crippen molar-refractivity contribution in [1.29, 1.82) is 0 Å². The van der Waals surface area contributed by atoms with Crippen LogP contribution in [0.3, 0.4) is 0 Å². The van der Waals surface area contributed by atoms with E-state index in [0.29, 0.717) is 25.6 Å². The summed E-state index contributed by atoms with van der Waals surface area (Å²) in [5.74, 6) is 0.335. The predicted molar refractivity (Wildman–Crippen MR) is 120 cm³/mol. The van der Waals surface area contributed by atoms with Gasteiger partial charge in [-0.05, 0) is 25.0 Å². The highest BCUT2D eigenvalue weighted by Gasteiger charge is 2.42. The largest absolute Gasteiger partial charge is 0.337 e. The highest BCUT2D eigenvalue weighted by molar-refractivity contribution is 5.78. The summed E-state index contributed by atoms with van der Waals surface area (Å²) in [6.07, 6.45) is 7.23. The van der Waals surface area contributed by atoms with Crippen molar-refractivity contribution in [2.45, 2.75) is 37.9 Å². The van der Waals surface area contributed by atoms with E-state index in [0.717, 1.165) is 43.6 Å². The molecule has 1 amide bonds. The van der Waals surface area contributed by atoms with Gasteiger partial charge in [0.2, 0.25) is 11.9 Å². The molecule has 0 N–H and O–H groups in total. The van der Waals surface area contributed by atoms with Gasteiger partial charge in [-0.1, -0.05) is 18.2 Å². The number of rotatable bonds is 4. The lowest BCUT2D eigenvalue weighted by Crippen LogP contribution is -2.56. The van der Waals surface area contributed by atoms with Crippen LogP contribution in [0.15, 0.2) is 48.9 Å². The molecule has 9 heteroatoms. The fraction of sp³-hybridized carbons (Fsp3) is 0.417. The van der Waals surface area contributed by atoms with Crippen molar-refractivity contribution < 1.29 is 9.18 Å². The highest BCUT2D eigenvalue weighted by atomic mass is 19.1. The molecule has 6 rings (SSSR count). The summed E-state index contributed by atoms with van der Waals surface area (Å²) >= 11 is 0. The summed E-state index contributed by atoms with van der Waals surface area (Å²) in [4.78, 5) is 28.0. The number of fused-ring (bicyclic) bond motifs is 3. The van der Waals surface area contributed by atoms with Gasteiger partial charge in [-0.25, -0.2) is 19.0 Å². The van der Waals surface area contributed by atoms with Gasteiger partial charge in [0.05, 0.1) is 36.5 Å². The molecule has 3 aliphatic rings. The summed E-state index contributed by atoms with van der Waals surface area (Å²) in [6, 6.07) is 10.6. The zero-order valence-electron chi connectivity index (χ0n) is 18.3. The zero-order chi connectivity index (χ0) is 22.4. The van der Waals surface area contributed by atoms with E-state index in [1.807, 2.05) is 34.0 Å². The molecule has 3 aliphatic heterocycles. The van der Waals surface area contributed by atoms with E-state index >= 15 is 0 Å². The van der Waals surface area contributed by atoms with Crippen LogP contribution in [0.25, 0.3) is 5.69 Å². The molecule has 0 spiro atoms. The second kappa shape index (κ2) is 8.22. The number of para-hydroxylation sites is 1. The monoisotopic (exact) mass is 447 g/mol. The van der Waals surface area contributed by atoms with Crippen molar-refractivity contribution in [3.8, 4) is 5.69 Å². The van der Waals surface area contributed by atoms with Crippen LogP contribution in [-0.4, -0.2) is 73.7 Å². The minimum absolute atomic E-state index is 0.166. The smallest absolute Gasteiger partial charge is 0.237 e. The van der Waals surface area contributed by atoms with Crippen LogP contribution in [0.1, 0.15) is 24.1 Å². The Morgan fingerprint density at radius 3 is 2.48 bits per heavy atom. The van der Waals surface area contributed by atoms with Gasteiger partial charge < -0.3 is 9.80 Å². The van der Waals surface area contributed by atoms with Crippen LogP contribution in [0.4, 0.5) is 10.3 Å². The maximum atomic E-state index is 13.2.